The molecule has 0 radical (unpaired) electrons. The van der Waals surface area contributed by atoms with Gasteiger partial charge in [0.15, 0.2) is 5.82 Å². The Kier molecular flexibility index (Phi) is 4.22. The smallest absolute Gasteiger partial charge is 0.162 e. The van der Waals surface area contributed by atoms with E-state index in [1.165, 1.54) is 5.56 Å². The second-order valence-electron chi connectivity index (χ2n) is 3.49. The Morgan fingerprint density at radius 1 is 1.06 bits per heavy atom. The van der Waals surface area contributed by atoms with Crippen molar-refractivity contribution in [2.45, 2.75) is 13.3 Å². The number of benzene rings is 1. The molecule has 0 spiro atoms. The third kappa shape index (κ3) is 2.89. The minimum Gasteiger partial charge on any atom is -0.215 e. The number of halogens is 3. The average molecular weight is 379 g/mol. The summed E-state index contributed by atoms with van der Waals surface area (Å²) in [4.78, 5) is 8.44. The van der Waals surface area contributed by atoms with Crippen LogP contribution in [0.4, 0.5) is 0 Å². The third-order valence-corrected chi connectivity index (χ3v) is 4.60. The number of hydrogen-bond acceptors (Lipinski definition) is 2. The number of hydrogen-bond donors (Lipinski definition) is 0. The lowest BCUT2D eigenvalue weighted by Gasteiger charge is -2.04. The van der Waals surface area contributed by atoms with E-state index in [4.69, 9.17) is 23.2 Å². The molecule has 1 aromatic heterocycles. The molecule has 0 aliphatic rings. The molecule has 1 aromatic carbocycles. The van der Waals surface area contributed by atoms with Crippen LogP contribution in [-0.2, 0) is 6.42 Å². The first kappa shape index (κ1) is 13.1. The quantitative estimate of drug-likeness (QED) is 0.563. The monoisotopic (exact) mass is 378 g/mol. The first-order chi connectivity index (χ1) is 8.11. The van der Waals surface area contributed by atoms with Crippen molar-refractivity contribution in [2.75, 3.05) is 0 Å². The number of aryl methyl sites for hydroxylation is 1. The van der Waals surface area contributed by atoms with E-state index in [9.17, 15) is 0 Å². The van der Waals surface area contributed by atoms with Crippen LogP contribution < -0.4 is 0 Å². The highest BCUT2D eigenvalue weighted by atomic mass is 127. The summed E-state index contributed by atoms with van der Waals surface area (Å²) in [7, 11) is 0. The second-order valence-corrected chi connectivity index (χ2v) is 5.29. The van der Waals surface area contributed by atoms with Crippen LogP contribution in [0.1, 0.15) is 12.5 Å². The maximum absolute atomic E-state index is 5.98. The molecule has 0 aliphatic heterocycles. The van der Waals surface area contributed by atoms with Gasteiger partial charge in [0.25, 0.3) is 0 Å². The van der Waals surface area contributed by atoms with E-state index >= 15 is 0 Å². The second kappa shape index (κ2) is 5.50. The summed E-state index contributed by atoms with van der Waals surface area (Å²) in [6.45, 7) is 2.12. The molecule has 0 atom stereocenters. The van der Waals surface area contributed by atoms with Gasteiger partial charge in [0, 0.05) is 5.56 Å². The van der Waals surface area contributed by atoms with Crippen LogP contribution in [0.2, 0.25) is 10.3 Å². The van der Waals surface area contributed by atoms with Gasteiger partial charge in [-0.2, -0.15) is 0 Å². The summed E-state index contributed by atoms with van der Waals surface area (Å²) >= 11 is 14.0. The molecule has 2 aromatic rings. The minimum absolute atomic E-state index is 0.389. The van der Waals surface area contributed by atoms with Gasteiger partial charge in [0.05, 0.1) is 3.57 Å². The molecule has 0 N–H and O–H groups in total. The number of nitrogens with zero attached hydrogens (tertiary/aromatic N) is 2. The zero-order valence-corrected chi connectivity index (χ0v) is 12.7. The highest BCUT2D eigenvalue weighted by molar-refractivity contribution is 14.1. The van der Waals surface area contributed by atoms with Crippen molar-refractivity contribution in [1.82, 2.24) is 9.97 Å². The summed E-state index contributed by atoms with van der Waals surface area (Å²) in [6.07, 6.45) is 1.01. The van der Waals surface area contributed by atoms with Crippen LogP contribution in [0, 0.1) is 3.57 Å². The number of aromatic nitrogens is 2. The topological polar surface area (TPSA) is 25.8 Å². The highest BCUT2D eigenvalue weighted by Crippen LogP contribution is 2.26. The van der Waals surface area contributed by atoms with E-state index in [1.54, 1.807) is 0 Å². The first-order valence-electron chi connectivity index (χ1n) is 5.09. The Hall–Kier alpha value is -0.390. The van der Waals surface area contributed by atoms with Gasteiger partial charge in [-0.1, -0.05) is 54.4 Å². The van der Waals surface area contributed by atoms with E-state index in [2.05, 4.69) is 29.0 Å². The van der Waals surface area contributed by atoms with Crippen LogP contribution in [-0.4, -0.2) is 9.97 Å². The van der Waals surface area contributed by atoms with E-state index < -0.39 is 0 Å². The summed E-state index contributed by atoms with van der Waals surface area (Å²) < 4.78 is 0.680. The SMILES string of the molecule is CCc1ccc(-c2nc(Cl)c(I)c(Cl)n2)cc1. The number of rotatable bonds is 2. The van der Waals surface area contributed by atoms with Gasteiger partial charge in [-0.05, 0) is 34.6 Å². The Bertz CT molecular complexity index is 518. The van der Waals surface area contributed by atoms with Crippen LogP contribution in [0.25, 0.3) is 11.4 Å². The van der Waals surface area contributed by atoms with Crippen LogP contribution in [0.15, 0.2) is 24.3 Å². The largest absolute Gasteiger partial charge is 0.215 e. The van der Waals surface area contributed by atoms with Crippen molar-refractivity contribution in [1.29, 1.82) is 0 Å². The molecule has 17 heavy (non-hydrogen) atoms. The van der Waals surface area contributed by atoms with E-state index in [0.29, 0.717) is 19.7 Å². The molecule has 5 heteroatoms. The van der Waals surface area contributed by atoms with Crippen LogP contribution >= 0.6 is 45.8 Å². The highest BCUT2D eigenvalue weighted by Gasteiger charge is 2.10. The van der Waals surface area contributed by atoms with Gasteiger partial charge >= 0.3 is 0 Å². The summed E-state index contributed by atoms with van der Waals surface area (Å²) in [5.41, 5.74) is 2.19. The standard InChI is InChI=1S/C12H9Cl2IN2/c1-2-7-3-5-8(6-4-7)12-16-10(13)9(15)11(14)17-12/h3-6H,2H2,1H3. The minimum atomic E-state index is 0.389. The van der Waals surface area contributed by atoms with Gasteiger partial charge in [-0.15, -0.1) is 0 Å². The maximum Gasteiger partial charge on any atom is 0.162 e. The van der Waals surface area contributed by atoms with Crippen molar-refractivity contribution in [3.63, 3.8) is 0 Å². The predicted molar refractivity (Wildman–Crippen MR) is 79.6 cm³/mol. The summed E-state index contributed by atoms with van der Waals surface area (Å²) in [6, 6.07) is 8.07. The average Bonchev–Trinajstić information content (AvgIpc) is 2.35. The third-order valence-electron chi connectivity index (χ3n) is 2.39. The molecule has 0 fully saturated rings. The molecule has 0 bridgehead atoms. The van der Waals surface area contributed by atoms with Gasteiger partial charge < -0.3 is 0 Å². The van der Waals surface area contributed by atoms with Crippen molar-refractivity contribution in [3.8, 4) is 11.4 Å². The van der Waals surface area contributed by atoms with Gasteiger partial charge in [0.1, 0.15) is 10.3 Å². The lowest BCUT2D eigenvalue weighted by Crippen LogP contribution is -1.94. The molecular formula is C12H9Cl2IN2. The Balaban J connectivity index is 2.45. The maximum atomic E-state index is 5.98. The van der Waals surface area contributed by atoms with E-state index in [0.717, 1.165) is 12.0 Å². The fourth-order valence-electron chi connectivity index (χ4n) is 1.41. The van der Waals surface area contributed by atoms with Crippen molar-refractivity contribution >= 4 is 45.8 Å². The van der Waals surface area contributed by atoms with Crippen LogP contribution in [0.3, 0.4) is 0 Å². The molecule has 1 heterocycles. The molecule has 2 rings (SSSR count). The fourth-order valence-corrected chi connectivity index (χ4v) is 2.04. The molecule has 0 unspecified atom stereocenters. The Morgan fingerprint density at radius 2 is 1.59 bits per heavy atom. The van der Waals surface area contributed by atoms with E-state index in [-0.39, 0.29) is 0 Å². The molecule has 0 saturated heterocycles. The van der Waals surface area contributed by atoms with Crippen molar-refractivity contribution in [3.05, 3.63) is 43.7 Å². The van der Waals surface area contributed by atoms with E-state index in [1.807, 2.05) is 34.7 Å². The lowest BCUT2D eigenvalue weighted by atomic mass is 10.1. The van der Waals surface area contributed by atoms with Gasteiger partial charge in [0.2, 0.25) is 0 Å². The van der Waals surface area contributed by atoms with Crippen molar-refractivity contribution in [2.24, 2.45) is 0 Å². The Morgan fingerprint density at radius 3 is 2.06 bits per heavy atom. The molecule has 0 saturated carbocycles. The van der Waals surface area contributed by atoms with Gasteiger partial charge in [-0.25, -0.2) is 9.97 Å². The molecule has 0 amide bonds. The zero-order valence-electron chi connectivity index (χ0n) is 9.04. The Labute approximate surface area is 124 Å². The lowest BCUT2D eigenvalue weighted by molar-refractivity contribution is 1.13. The zero-order chi connectivity index (χ0) is 12.4. The van der Waals surface area contributed by atoms with Crippen LogP contribution in [0.5, 0.6) is 0 Å². The summed E-state index contributed by atoms with van der Waals surface area (Å²) in [5.74, 6) is 0.558. The summed E-state index contributed by atoms with van der Waals surface area (Å²) in [5, 5.41) is 0.778. The predicted octanol–water partition coefficient (Wildman–Crippen LogP) is 4.62. The molecule has 88 valence electrons. The molecular weight excluding hydrogens is 370 g/mol. The molecule has 0 aliphatic carbocycles. The molecule has 2 nitrogen and oxygen atoms in total. The van der Waals surface area contributed by atoms with Crippen molar-refractivity contribution < 1.29 is 0 Å². The van der Waals surface area contributed by atoms with Gasteiger partial charge in [-0.3, -0.25) is 0 Å². The fraction of sp³-hybridized carbons (Fsp3) is 0.167. The normalized spacial score (nSPS) is 10.6. The first-order valence-corrected chi connectivity index (χ1v) is 6.93.